The third kappa shape index (κ3) is 7.96. The van der Waals surface area contributed by atoms with Gasteiger partial charge in [0.25, 0.3) is 0 Å². The van der Waals surface area contributed by atoms with E-state index >= 15 is 0 Å². The lowest BCUT2D eigenvalue weighted by atomic mass is 10.2. The Bertz CT molecular complexity index is 627. The number of hydrogen-bond donors (Lipinski definition) is 3. The minimum absolute atomic E-state index is 0.0492. The van der Waals surface area contributed by atoms with Crippen LogP contribution in [-0.4, -0.2) is 41.0 Å². The highest BCUT2D eigenvalue weighted by Gasteiger charge is 2.12. The average Bonchev–Trinajstić information content (AvgIpc) is 2.54. The van der Waals surface area contributed by atoms with Crippen LogP contribution in [0.25, 0.3) is 0 Å². The number of amides is 2. The summed E-state index contributed by atoms with van der Waals surface area (Å²) in [7, 11) is 1.60. The van der Waals surface area contributed by atoms with Gasteiger partial charge in [-0.25, -0.2) is 0 Å². The molecule has 0 aliphatic heterocycles. The molecule has 0 radical (unpaired) electrons. The van der Waals surface area contributed by atoms with Crippen molar-refractivity contribution in [2.45, 2.75) is 38.5 Å². The Morgan fingerprint density at radius 2 is 1.40 bits per heavy atom. The predicted molar refractivity (Wildman–Crippen MR) is 91.5 cm³/mol. The molecule has 8 heteroatoms. The maximum atomic E-state index is 12.0. The molecule has 2 amide bonds. The molecule has 0 fully saturated rings. The van der Waals surface area contributed by atoms with E-state index in [9.17, 15) is 19.2 Å². The Morgan fingerprint density at radius 3 is 1.92 bits per heavy atom. The Labute approximate surface area is 145 Å². The van der Waals surface area contributed by atoms with Gasteiger partial charge in [-0.15, -0.1) is 0 Å². The van der Waals surface area contributed by atoms with Crippen molar-refractivity contribution in [1.29, 1.82) is 0 Å². The smallest absolute Gasteiger partial charge is 0.303 e. The van der Waals surface area contributed by atoms with Crippen molar-refractivity contribution in [1.82, 2.24) is 0 Å². The van der Waals surface area contributed by atoms with E-state index in [1.54, 1.807) is 31.3 Å². The van der Waals surface area contributed by atoms with E-state index < -0.39 is 11.9 Å². The number of anilines is 2. The summed E-state index contributed by atoms with van der Waals surface area (Å²) in [5.41, 5.74) is 1.18. The lowest BCUT2D eigenvalue weighted by Gasteiger charge is -2.17. The number of carboxylic acids is 2. The molecule has 0 saturated heterocycles. The van der Waals surface area contributed by atoms with Gasteiger partial charge in [-0.2, -0.15) is 0 Å². The SMILES string of the molecule is CN(C(=O)CCCC(=O)O)c1ccc(NC(=O)CCCC(=O)O)cc1. The Kier molecular flexibility index (Phi) is 8.11. The topological polar surface area (TPSA) is 124 Å². The summed E-state index contributed by atoms with van der Waals surface area (Å²) in [5.74, 6) is -2.33. The first kappa shape index (κ1) is 20.1. The average molecular weight is 350 g/mol. The zero-order chi connectivity index (χ0) is 18.8. The minimum Gasteiger partial charge on any atom is -0.481 e. The van der Waals surface area contributed by atoms with Gasteiger partial charge in [-0.3, -0.25) is 19.2 Å². The van der Waals surface area contributed by atoms with E-state index in [0.29, 0.717) is 11.4 Å². The molecule has 0 bridgehead atoms. The first-order valence-electron chi connectivity index (χ1n) is 7.89. The Morgan fingerprint density at radius 1 is 0.880 bits per heavy atom. The van der Waals surface area contributed by atoms with Crippen molar-refractivity contribution in [2.24, 2.45) is 0 Å². The number of rotatable bonds is 10. The van der Waals surface area contributed by atoms with Gasteiger partial charge in [0.05, 0.1) is 0 Å². The summed E-state index contributed by atoms with van der Waals surface area (Å²) >= 11 is 0. The number of nitrogens with zero attached hydrogens (tertiary/aromatic N) is 1. The van der Waals surface area contributed by atoms with Crippen LogP contribution in [0, 0.1) is 0 Å². The first-order chi connectivity index (χ1) is 11.8. The fourth-order valence-electron chi connectivity index (χ4n) is 2.09. The van der Waals surface area contributed by atoms with Gasteiger partial charge in [0.15, 0.2) is 0 Å². The van der Waals surface area contributed by atoms with Crippen LogP contribution in [0.5, 0.6) is 0 Å². The molecule has 0 spiro atoms. The Balaban J connectivity index is 2.49. The number of benzene rings is 1. The van der Waals surface area contributed by atoms with Crippen LogP contribution in [0.1, 0.15) is 38.5 Å². The third-order valence-electron chi connectivity index (χ3n) is 3.49. The molecule has 25 heavy (non-hydrogen) atoms. The van der Waals surface area contributed by atoms with Crippen LogP contribution < -0.4 is 10.2 Å². The van der Waals surface area contributed by atoms with Gasteiger partial charge >= 0.3 is 11.9 Å². The minimum atomic E-state index is -0.937. The maximum Gasteiger partial charge on any atom is 0.303 e. The molecule has 8 nitrogen and oxygen atoms in total. The largest absolute Gasteiger partial charge is 0.481 e. The molecule has 0 unspecified atom stereocenters. The second kappa shape index (κ2) is 10.1. The summed E-state index contributed by atoms with van der Waals surface area (Å²) in [4.78, 5) is 45.9. The number of carboxylic acid groups (broad SMARTS) is 2. The number of carbonyl (C=O) groups is 4. The lowest BCUT2D eigenvalue weighted by Crippen LogP contribution is -2.26. The molecule has 1 aromatic carbocycles. The fraction of sp³-hybridized carbons (Fsp3) is 0.412. The summed E-state index contributed by atoms with van der Waals surface area (Å²) in [6, 6.07) is 6.63. The van der Waals surface area contributed by atoms with E-state index in [-0.39, 0.29) is 50.3 Å². The third-order valence-corrected chi connectivity index (χ3v) is 3.49. The van der Waals surface area contributed by atoms with Gasteiger partial charge in [0, 0.05) is 44.1 Å². The van der Waals surface area contributed by atoms with Crippen LogP contribution in [0.15, 0.2) is 24.3 Å². The normalized spacial score (nSPS) is 10.1. The van der Waals surface area contributed by atoms with Crippen molar-refractivity contribution < 1.29 is 29.4 Å². The van der Waals surface area contributed by atoms with Crippen LogP contribution >= 0.6 is 0 Å². The van der Waals surface area contributed by atoms with Gasteiger partial charge in [0.2, 0.25) is 11.8 Å². The van der Waals surface area contributed by atoms with Crippen LogP contribution in [0.2, 0.25) is 0 Å². The highest BCUT2D eigenvalue weighted by atomic mass is 16.4. The first-order valence-corrected chi connectivity index (χ1v) is 7.89. The monoisotopic (exact) mass is 350 g/mol. The van der Waals surface area contributed by atoms with Gasteiger partial charge in [0.1, 0.15) is 0 Å². The maximum absolute atomic E-state index is 12.0. The zero-order valence-electron chi connectivity index (χ0n) is 14.0. The zero-order valence-corrected chi connectivity index (χ0v) is 14.0. The molecule has 136 valence electrons. The van der Waals surface area contributed by atoms with Crippen molar-refractivity contribution in [3.63, 3.8) is 0 Å². The second-order valence-corrected chi connectivity index (χ2v) is 5.54. The molecule has 0 heterocycles. The van der Waals surface area contributed by atoms with Crippen molar-refractivity contribution in [3.05, 3.63) is 24.3 Å². The Hall–Kier alpha value is -2.90. The number of nitrogens with one attached hydrogen (secondary N) is 1. The molecule has 0 aliphatic carbocycles. The van der Waals surface area contributed by atoms with Crippen molar-refractivity contribution in [3.8, 4) is 0 Å². The van der Waals surface area contributed by atoms with E-state index in [1.807, 2.05) is 0 Å². The molecule has 1 rings (SSSR count). The molecular weight excluding hydrogens is 328 g/mol. The summed E-state index contributed by atoms with van der Waals surface area (Å²) < 4.78 is 0. The molecule has 0 saturated carbocycles. The van der Waals surface area contributed by atoms with Crippen molar-refractivity contribution in [2.75, 3.05) is 17.3 Å². The fourth-order valence-corrected chi connectivity index (χ4v) is 2.09. The van der Waals surface area contributed by atoms with Crippen LogP contribution in [0.4, 0.5) is 11.4 Å². The number of aliphatic carboxylic acids is 2. The summed E-state index contributed by atoms with van der Waals surface area (Å²) in [5, 5.41) is 19.8. The van der Waals surface area contributed by atoms with Crippen LogP contribution in [-0.2, 0) is 19.2 Å². The number of hydrogen-bond acceptors (Lipinski definition) is 4. The van der Waals surface area contributed by atoms with E-state index in [4.69, 9.17) is 10.2 Å². The van der Waals surface area contributed by atoms with Gasteiger partial charge in [-0.05, 0) is 37.1 Å². The molecule has 0 aliphatic rings. The van der Waals surface area contributed by atoms with Gasteiger partial charge < -0.3 is 20.4 Å². The van der Waals surface area contributed by atoms with Crippen LogP contribution in [0.3, 0.4) is 0 Å². The van der Waals surface area contributed by atoms with E-state index in [0.717, 1.165) is 0 Å². The second-order valence-electron chi connectivity index (χ2n) is 5.54. The standard InChI is InChI=1S/C17H22N2O6/c1-19(15(21)5-3-7-17(24)25)13-10-8-12(9-11-13)18-14(20)4-2-6-16(22)23/h8-11H,2-7H2,1H3,(H,18,20)(H,22,23)(H,24,25). The lowest BCUT2D eigenvalue weighted by molar-refractivity contribution is -0.138. The van der Waals surface area contributed by atoms with Gasteiger partial charge in [-0.1, -0.05) is 0 Å². The number of carbonyl (C=O) groups excluding carboxylic acids is 2. The summed E-state index contributed by atoms with van der Waals surface area (Å²) in [6.45, 7) is 0. The molecular formula is C17H22N2O6. The van der Waals surface area contributed by atoms with E-state index in [2.05, 4.69) is 5.32 Å². The van der Waals surface area contributed by atoms with E-state index in [1.165, 1.54) is 4.90 Å². The summed E-state index contributed by atoms with van der Waals surface area (Å²) in [6.07, 6.45) is 0.713. The molecule has 1 aromatic rings. The highest BCUT2D eigenvalue weighted by molar-refractivity contribution is 5.94. The highest BCUT2D eigenvalue weighted by Crippen LogP contribution is 2.18. The predicted octanol–water partition coefficient (Wildman–Crippen LogP) is 2.10. The molecule has 0 atom stereocenters. The molecule has 3 N–H and O–H groups in total. The molecule has 0 aromatic heterocycles. The van der Waals surface area contributed by atoms with Crippen molar-refractivity contribution >= 4 is 35.1 Å². The quantitative estimate of drug-likeness (QED) is 0.593.